The van der Waals surface area contributed by atoms with Crippen LogP contribution in [0.1, 0.15) is 11.3 Å². The minimum absolute atomic E-state index is 0.834. The standard InChI is InChI=1S/C8H9N3S/c1-12-8-10-5-6-4-9-3-2-7(6)11-8/h2-3,5,9H,4H2,1H3. The Kier molecular flexibility index (Phi) is 1.99. The molecule has 1 aromatic rings. The molecule has 1 aliphatic rings. The first-order valence-electron chi connectivity index (χ1n) is 3.70. The Balaban J connectivity index is 2.44. The molecular weight excluding hydrogens is 170 g/mol. The summed E-state index contributed by atoms with van der Waals surface area (Å²) in [6.45, 7) is 0.834. The van der Waals surface area contributed by atoms with Crippen molar-refractivity contribution in [3.05, 3.63) is 23.7 Å². The number of rotatable bonds is 1. The first-order valence-corrected chi connectivity index (χ1v) is 4.92. The summed E-state index contributed by atoms with van der Waals surface area (Å²) in [5.41, 5.74) is 2.20. The highest BCUT2D eigenvalue weighted by atomic mass is 32.2. The number of nitrogens with one attached hydrogen (secondary N) is 1. The van der Waals surface area contributed by atoms with Gasteiger partial charge in [-0.05, 0) is 18.5 Å². The van der Waals surface area contributed by atoms with Gasteiger partial charge >= 0.3 is 0 Å². The van der Waals surface area contributed by atoms with Gasteiger partial charge in [-0.3, -0.25) is 0 Å². The molecule has 0 saturated heterocycles. The zero-order chi connectivity index (χ0) is 8.39. The van der Waals surface area contributed by atoms with E-state index in [9.17, 15) is 0 Å². The summed E-state index contributed by atoms with van der Waals surface area (Å²) in [7, 11) is 0. The lowest BCUT2D eigenvalue weighted by Gasteiger charge is -2.10. The van der Waals surface area contributed by atoms with Gasteiger partial charge < -0.3 is 5.32 Å². The normalized spacial score (nSPS) is 13.8. The minimum atomic E-state index is 0.834. The van der Waals surface area contributed by atoms with Gasteiger partial charge in [-0.25, -0.2) is 9.97 Å². The maximum Gasteiger partial charge on any atom is 0.187 e. The van der Waals surface area contributed by atoms with Gasteiger partial charge in [0.25, 0.3) is 0 Å². The molecule has 0 radical (unpaired) electrons. The third kappa shape index (κ3) is 1.30. The minimum Gasteiger partial charge on any atom is -0.387 e. The van der Waals surface area contributed by atoms with Crippen molar-refractivity contribution in [3.8, 4) is 0 Å². The van der Waals surface area contributed by atoms with Gasteiger partial charge in [0.05, 0.1) is 5.69 Å². The molecule has 1 aliphatic heterocycles. The molecule has 2 heterocycles. The van der Waals surface area contributed by atoms with Crippen LogP contribution in [0.2, 0.25) is 0 Å². The van der Waals surface area contributed by atoms with Crippen molar-refractivity contribution in [1.82, 2.24) is 15.3 Å². The van der Waals surface area contributed by atoms with E-state index in [4.69, 9.17) is 0 Å². The third-order valence-corrected chi connectivity index (χ3v) is 2.27. The number of hydrogen-bond acceptors (Lipinski definition) is 4. The van der Waals surface area contributed by atoms with Gasteiger partial charge in [0.15, 0.2) is 5.16 Å². The molecule has 0 bridgehead atoms. The van der Waals surface area contributed by atoms with Crippen LogP contribution in [0, 0.1) is 0 Å². The van der Waals surface area contributed by atoms with E-state index < -0.39 is 0 Å². The second kappa shape index (κ2) is 3.15. The van der Waals surface area contributed by atoms with Crippen molar-refractivity contribution < 1.29 is 0 Å². The van der Waals surface area contributed by atoms with Crippen molar-refractivity contribution in [2.45, 2.75) is 11.7 Å². The highest BCUT2D eigenvalue weighted by molar-refractivity contribution is 7.98. The van der Waals surface area contributed by atoms with Gasteiger partial charge in [0, 0.05) is 18.3 Å². The number of nitrogens with zero attached hydrogens (tertiary/aromatic N) is 2. The summed E-state index contributed by atoms with van der Waals surface area (Å²) in [5.74, 6) is 0. The van der Waals surface area contributed by atoms with E-state index in [-0.39, 0.29) is 0 Å². The number of aromatic nitrogens is 2. The molecule has 0 unspecified atom stereocenters. The third-order valence-electron chi connectivity index (χ3n) is 1.71. The van der Waals surface area contributed by atoms with E-state index in [0.717, 1.165) is 23.0 Å². The quantitative estimate of drug-likeness (QED) is 0.520. The molecule has 2 rings (SSSR count). The fourth-order valence-electron chi connectivity index (χ4n) is 1.09. The average Bonchev–Trinajstić information content (AvgIpc) is 2.17. The summed E-state index contributed by atoms with van der Waals surface area (Å²) >= 11 is 1.57. The second-order valence-corrected chi connectivity index (χ2v) is 3.25. The molecular formula is C8H9N3S. The summed E-state index contributed by atoms with van der Waals surface area (Å²) in [5, 5.41) is 3.94. The molecule has 0 aromatic carbocycles. The SMILES string of the molecule is CSc1ncc2c(n1)C=CNC2. The van der Waals surface area contributed by atoms with Crippen molar-refractivity contribution in [2.75, 3.05) is 6.26 Å². The van der Waals surface area contributed by atoms with Gasteiger partial charge in [0.1, 0.15) is 0 Å². The molecule has 0 spiro atoms. The molecule has 0 aliphatic carbocycles. The Bertz CT molecular complexity index is 322. The number of thioether (sulfide) groups is 1. The van der Waals surface area contributed by atoms with Crippen molar-refractivity contribution in [3.63, 3.8) is 0 Å². The Morgan fingerprint density at radius 2 is 2.50 bits per heavy atom. The van der Waals surface area contributed by atoms with E-state index >= 15 is 0 Å². The van der Waals surface area contributed by atoms with Gasteiger partial charge in [-0.1, -0.05) is 11.8 Å². The van der Waals surface area contributed by atoms with E-state index in [0.29, 0.717) is 0 Å². The molecule has 0 saturated carbocycles. The van der Waals surface area contributed by atoms with Crippen LogP contribution >= 0.6 is 11.8 Å². The summed E-state index contributed by atoms with van der Waals surface area (Å²) < 4.78 is 0. The van der Waals surface area contributed by atoms with E-state index in [1.165, 1.54) is 0 Å². The summed E-state index contributed by atoms with van der Waals surface area (Å²) in [4.78, 5) is 8.55. The molecule has 0 amide bonds. The average molecular weight is 179 g/mol. The van der Waals surface area contributed by atoms with E-state index in [2.05, 4.69) is 15.3 Å². The molecule has 0 atom stereocenters. The summed E-state index contributed by atoms with van der Waals surface area (Å²) in [6.07, 6.45) is 7.75. The van der Waals surface area contributed by atoms with Gasteiger partial charge in [-0.15, -0.1) is 0 Å². The second-order valence-electron chi connectivity index (χ2n) is 2.48. The Hall–Kier alpha value is -1.03. The van der Waals surface area contributed by atoms with Crippen LogP contribution in [0.25, 0.3) is 6.08 Å². The molecule has 12 heavy (non-hydrogen) atoms. The molecule has 1 N–H and O–H groups in total. The lowest BCUT2D eigenvalue weighted by Crippen LogP contribution is -2.12. The van der Waals surface area contributed by atoms with Crippen LogP contribution in [0.15, 0.2) is 17.6 Å². The maximum absolute atomic E-state index is 4.36. The lowest BCUT2D eigenvalue weighted by atomic mass is 10.2. The van der Waals surface area contributed by atoms with Crippen LogP contribution in [0.3, 0.4) is 0 Å². The van der Waals surface area contributed by atoms with Gasteiger partial charge in [0.2, 0.25) is 0 Å². The number of fused-ring (bicyclic) bond motifs is 1. The van der Waals surface area contributed by atoms with Crippen molar-refractivity contribution >= 4 is 17.8 Å². The molecule has 62 valence electrons. The molecule has 4 heteroatoms. The maximum atomic E-state index is 4.36. The Morgan fingerprint density at radius 3 is 3.33 bits per heavy atom. The van der Waals surface area contributed by atoms with Crippen LogP contribution in [-0.4, -0.2) is 16.2 Å². The summed E-state index contributed by atoms with van der Waals surface area (Å²) in [6, 6.07) is 0. The van der Waals surface area contributed by atoms with Gasteiger partial charge in [-0.2, -0.15) is 0 Å². The Morgan fingerprint density at radius 1 is 1.58 bits per heavy atom. The number of hydrogen-bond donors (Lipinski definition) is 1. The highest BCUT2D eigenvalue weighted by Crippen LogP contribution is 2.15. The van der Waals surface area contributed by atoms with E-state index in [1.54, 1.807) is 11.8 Å². The predicted octanol–water partition coefficient (Wildman–Crippen LogP) is 1.27. The topological polar surface area (TPSA) is 37.8 Å². The van der Waals surface area contributed by atoms with Crippen LogP contribution in [0.4, 0.5) is 0 Å². The fraction of sp³-hybridized carbons (Fsp3) is 0.250. The van der Waals surface area contributed by atoms with Crippen LogP contribution < -0.4 is 5.32 Å². The predicted molar refractivity (Wildman–Crippen MR) is 49.7 cm³/mol. The first-order chi connectivity index (χ1) is 5.90. The largest absolute Gasteiger partial charge is 0.387 e. The molecule has 3 nitrogen and oxygen atoms in total. The van der Waals surface area contributed by atoms with Crippen molar-refractivity contribution in [1.29, 1.82) is 0 Å². The molecule has 0 fully saturated rings. The fourth-order valence-corrected chi connectivity index (χ4v) is 1.44. The molecule has 1 aromatic heterocycles. The monoisotopic (exact) mass is 179 g/mol. The smallest absolute Gasteiger partial charge is 0.187 e. The van der Waals surface area contributed by atoms with Crippen LogP contribution in [0.5, 0.6) is 0 Å². The Labute approximate surface area is 75.3 Å². The zero-order valence-corrected chi connectivity index (χ0v) is 7.56. The van der Waals surface area contributed by atoms with Crippen molar-refractivity contribution in [2.24, 2.45) is 0 Å². The zero-order valence-electron chi connectivity index (χ0n) is 6.74. The van der Waals surface area contributed by atoms with E-state index in [1.807, 2.05) is 24.7 Å². The first kappa shape index (κ1) is 7.61. The lowest BCUT2D eigenvalue weighted by molar-refractivity contribution is 0.812. The van der Waals surface area contributed by atoms with Crippen LogP contribution in [-0.2, 0) is 6.54 Å². The highest BCUT2D eigenvalue weighted by Gasteiger charge is 2.06.